The monoisotopic (exact) mass is 387 g/mol. The number of nitrogens with zero attached hydrogens (tertiary/aromatic N) is 1. The minimum Gasteiger partial charge on any atom is -0.464 e. The van der Waals surface area contributed by atoms with Crippen molar-refractivity contribution < 1.29 is 13.2 Å². The van der Waals surface area contributed by atoms with Crippen molar-refractivity contribution in [3.8, 4) is 11.3 Å². The fraction of sp³-hybridized carbons (Fsp3) is 0.158. The second-order valence-corrected chi connectivity index (χ2v) is 6.95. The Labute approximate surface area is 156 Å². The van der Waals surface area contributed by atoms with E-state index >= 15 is 0 Å². The Morgan fingerprint density at radius 2 is 2.19 bits per heavy atom. The van der Waals surface area contributed by atoms with Crippen LogP contribution in [0.3, 0.4) is 0 Å². The first-order valence-electron chi connectivity index (χ1n) is 8.25. The van der Waals surface area contributed by atoms with Crippen molar-refractivity contribution in [1.82, 2.24) is 15.3 Å². The molecule has 1 atom stereocenters. The van der Waals surface area contributed by atoms with E-state index in [4.69, 9.17) is 4.42 Å². The van der Waals surface area contributed by atoms with Crippen LogP contribution in [0.15, 0.2) is 51.2 Å². The third kappa shape index (κ3) is 3.41. The van der Waals surface area contributed by atoms with Crippen molar-refractivity contribution >= 4 is 21.6 Å². The maximum atomic E-state index is 13.9. The van der Waals surface area contributed by atoms with Gasteiger partial charge in [0, 0.05) is 28.6 Å². The molecule has 0 fully saturated rings. The van der Waals surface area contributed by atoms with E-state index < -0.39 is 11.6 Å². The predicted octanol–water partition coefficient (Wildman–Crippen LogP) is 4.37. The summed E-state index contributed by atoms with van der Waals surface area (Å²) in [6, 6.07) is 6.63. The van der Waals surface area contributed by atoms with Crippen molar-refractivity contribution in [2.45, 2.75) is 19.5 Å². The Morgan fingerprint density at radius 1 is 1.33 bits per heavy atom. The van der Waals surface area contributed by atoms with Gasteiger partial charge in [-0.15, -0.1) is 11.3 Å². The average molecular weight is 387 g/mol. The Morgan fingerprint density at radius 3 is 2.93 bits per heavy atom. The number of hydrogen-bond acceptors (Lipinski definition) is 5. The summed E-state index contributed by atoms with van der Waals surface area (Å²) in [6.07, 6.45) is 1.55. The third-order valence-corrected chi connectivity index (χ3v) is 5.16. The Hall–Kier alpha value is -2.84. The highest BCUT2D eigenvalue weighted by Crippen LogP contribution is 2.30. The predicted molar refractivity (Wildman–Crippen MR) is 99.6 cm³/mol. The number of H-pyrrole nitrogens is 1. The van der Waals surface area contributed by atoms with Crippen molar-refractivity contribution in [2.75, 3.05) is 0 Å². The average Bonchev–Trinajstić information content (AvgIpc) is 3.29. The van der Waals surface area contributed by atoms with E-state index in [1.54, 1.807) is 25.3 Å². The Kier molecular flexibility index (Phi) is 4.59. The summed E-state index contributed by atoms with van der Waals surface area (Å²) in [5, 5.41) is 5.41. The highest BCUT2D eigenvalue weighted by atomic mass is 32.1. The first-order chi connectivity index (χ1) is 13.0. The summed E-state index contributed by atoms with van der Waals surface area (Å²) in [5.74, 6) is -0.187. The molecule has 0 saturated carbocycles. The van der Waals surface area contributed by atoms with Crippen LogP contribution >= 0.6 is 11.3 Å². The zero-order valence-corrected chi connectivity index (χ0v) is 15.1. The van der Waals surface area contributed by atoms with Crippen LogP contribution in [-0.4, -0.2) is 9.97 Å². The van der Waals surface area contributed by atoms with Gasteiger partial charge in [-0.05, 0) is 25.1 Å². The molecule has 8 heteroatoms. The molecular weight excluding hydrogens is 372 g/mol. The number of hydrogen-bond donors (Lipinski definition) is 2. The molecule has 0 aliphatic heterocycles. The van der Waals surface area contributed by atoms with Crippen molar-refractivity contribution in [1.29, 1.82) is 0 Å². The molecule has 0 spiro atoms. The number of halogens is 2. The molecule has 4 aromatic rings. The van der Waals surface area contributed by atoms with Gasteiger partial charge in [0.25, 0.3) is 5.56 Å². The molecule has 4 rings (SSSR count). The van der Waals surface area contributed by atoms with E-state index in [-0.39, 0.29) is 18.1 Å². The van der Waals surface area contributed by atoms with Gasteiger partial charge in [0.2, 0.25) is 0 Å². The molecule has 138 valence electrons. The lowest BCUT2D eigenvalue weighted by atomic mass is 10.1. The second kappa shape index (κ2) is 7.05. The lowest BCUT2D eigenvalue weighted by Gasteiger charge is -2.14. The molecule has 0 saturated heterocycles. The van der Waals surface area contributed by atoms with Crippen LogP contribution in [0.4, 0.5) is 8.78 Å². The van der Waals surface area contributed by atoms with Crippen molar-refractivity contribution in [3.63, 3.8) is 0 Å². The van der Waals surface area contributed by atoms with E-state index in [2.05, 4.69) is 15.3 Å². The maximum Gasteiger partial charge on any atom is 0.260 e. The molecule has 27 heavy (non-hydrogen) atoms. The summed E-state index contributed by atoms with van der Waals surface area (Å²) in [5.41, 5.74) is 0.788. The fourth-order valence-electron chi connectivity index (χ4n) is 2.90. The van der Waals surface area contributed by atoms with Gasteiger partial charge in [0.15, 0.2) is 0 Å². The van der Waals surface area contributed by atoms with E-state index in [1.807, 2.05) is 5.38 Å². The molecule has 2 N–H and O–H groups in total. The molecule has 0 aliphatic rings. The van der Waals surface area contributed by atoms with Gasteiger partial charge >= 0.3 is 0 Å². The number of aromatic nitrogens is 2. The summed E-state index contributed by atoms with van der Waals surface area (Å²) in [6.45, 7) is 1.99. The van der Waals surface area contributed by atoms with Crippen LogP contribution < -0.4 is 10.9 Å². The van der Waals surface area contributed by atoms with Crippen LogP contribution in [0, 0.1) is 11.6 Å². The quantitative estimate of drug-likeness (QED) is 0.533. The van der Waals surface area contributed by atoms with E-state index in [0.29, 0.717) is 32.9 Å². The summed E-state index contributed by atoms with van der Waals surface area (Å²) in [7, 11) is 0. The topological polar surface area (TPSA) is 70.9 Å². The van der Waals surface area contributed by atoms with Gasteiger partial charge in [-0.2, -0.15) is 0 Å². The Balaban J connectivity index is 1.57. The van der Waals surface area contributed by atoms with Gasteiger partial charge < -0.3 is 14.7 Å². The van der Waals surface area contributed by atoms with Gasteiger partial charge in [-0.3, -0.25) is 4.79 Å². The molecule has 0 bridgehead atoms. The van der Waals surface area contributed by atoms with Crippen LogP contribution in [-0.2, 0) is 6.54 Å². The molecule has 0 unspecified atom stereocenters. The van der Waals surface area contributed by atoms with E-state index in [1.165, 1.54) is 23.5 Å². The molecule has 0 amide bonds. The standard InChI is InChI=1S/C19H15F2N3O2S/c1-10(12-5-4-11(20)7-14(12)21)22-8-16-23-18(25)17-13(9-27-19(17)24-16)15-3-2-6-26-15/h2-7,9-10,22H,8H2,1H3,(H,23,24,25)/t10-/m1/s1. The lowest BCUT2D eigenvalue weighted by Crippen LogP contribution is -2.22. The molecule has 5 nitrogen and oxygen atoms in total. The van der Waals surface area contributed by atoms with Gasteiger partial charge in [0.05, 0.1) is 18.2 Å². The van der Waals surface area contributed by atoms with E-state index in [0.717, 1.165) is 6.07 Å². The Bertz CT molecular complexity index is 1150. The van der Waals surface area contributed by atoms with E-state index in [9.17, 15) is 13.6 Å². The van der Waals surface area contributed by atoms with Crippen LogP contribution in [0.25, 0.3) is 21.5 Å². The number of furan rings is 1. The second-order valence-electron chi connectivity index (χ2n) is 6.09. The zero-order valence-electron chi connectivity index (χ0n) is 14.3. The largest absolute Gasteiger partial charge is 0.464 e. The lowest BCUT2D eigenvalue weighted by molar-refractivity contribution is 0.511. The minimum absolute atomic E-state index is 0.233. The SMILES string of the molecule is C[C@@H](NCc1nc2scc(-c3ccco3)c2c(=O)[nH]1)c1ccc(F)cc1F. The molecule has 0 aliphatic carbocycles. The first-order valence-corrected chi connectivity index (χ1v) is 9.13. The molecule has 3 aromatic heterocycles. The van der Waals surface area contributed by atoms with Gasteiger partial charge in [-0.1, -0.05) is 6.07 Å². The molecular formula is C19H15F2N3O2S. The highest BCUT2D eigenvalue weighted by Gasteiger charge is 2.16. The van der Waals surface area contributed by atoms with Crippen LogP contribution in [0.2, 0.25) is 0 Å². The number of nitrogens with one attached hydrogen (secondary N) is 2. The number of aromatic amines is 1. The minimum atomic E-state index is -0.620. The summed E-state index contributed by atoms with van der Waals surface area (Å²) in [4.78, 5) is 20.3. The normalized spacial score (nSPS) is 12.6. The fourth-order valence-corrected chi connectivity index (χ4v) is 3.85. The zero-order chi connectivity index (χ0) is 19.0. The highest BCUT2D eigenvalue weighted by molar-refractivity contribution is 7.17. The third-order valence-electron chi connectivity index (χ3n) is 4.28. The number of benzene rings is 1. The smallest absolute Gasteiger partial charge is 0.260 e. The molecule has 3 heterocycles. The van der Waals surface area contributed by atoms with Gasteiger partial charge in [-0.25, -0.2) is 13.8 Å². The van der Waals surface area contributed by atoms with Crippen molar-refractivity contribution in [3.05, 3.63) is 75.4 Å². The molecule has 1 aromatic carbocycles. The number of fused-ring (bicyclic) bond motifs is 1. The molecule has 0 radical (unpaired) electrons. The van der Waals surface area contributed by atoms with Crippen molar-refractivity contribution in [2.24, 2.45) is 0 Å². The van der Waals surface area contributed by atoms with Gasteiger partial charge in [0.1, 0.15) is 28.0 Å². The maximum absolute atomic E-state index is 13.9. The van der Waals surface area contributed by atoms with Crippen LogP contribution in [0.5, 0.6) is 0 Å². The first kappa shape index (κ1) is 17.6. The summed E-state index contributed by atoms with van der Waals surface area (Å²) >= 11 is 1.35. The number of thiophene rings is 1. The van der Waals surface area contributed by atoms with Crippen LogP contribution in [0.1, 0.15) is 24.4 Å². The number of rotatable bonds is 5. The summed E-state index contributed by atoms with van der Waals surface area (Å²) < 4.78 is 32.3.